The van der Waals surface area contributed by atoms with Crippen LogP contribution in [0, 0.1) is 5.92 Å². The molecule has 2 fully saturated rings. The number of hydrogen-bond acceptors (Lipinski definition) is 3. The van der Waals surface area contributed by atoms with E-state index < -0.39 is 0 Å². The van der Waals surface area contributed by atoms with E-state index in [0.717, 1.165) is 25.4 Å². The summed E-state index contributed by atoms with van der Waals surface area (Å²) in [5.41, 5.74) is 2.69. The van der Waals surface area contributed by atoms with Crippen LogP contribution in [0.15, 0.2) is 18.3 Å². The summed E-state index contributed by atoms with van der Waals surface area (Å²) >= 11 is 0. The Labute approximate surface area is 122 Å². The molecule has 110 valence electrons. The van der Waals surface area contributed by atoms with Crippen molar-refractivity contribution in [2.45, 2.75) is 58.2 Å². The number of pyridine rings is 1. The summed E-state index contributed by atoms with van der Waals surface area (Å²) in [6.45, 7) is 7.89. The third-order valence-corrected chi connectivity index (χ3v) is 4.94. The van der Waals surface area contributed by atoms with Crippen LogP contribution in [0.2, 0.25) is 0 Å². The zero-order chi connectivity index (χ0) is 13.9. The van der Waals surface area contributed by atoms with Crippen LogP contribution in [0.3, 0.4) is 0 Å². The van der Waals surface area contributed by atoms with E-state index >= 15 is 0 Å². The van der Waals surface area contributed by atoms with Crippen LogP contribution in [0.25, 0.3) is 0 Å². The largest absolute Gasteiger partial charge is 0.311 e. The van der Waals surface area contributed by atoms with Gasteiger partial charge in [-0.05, 0) is 43.2 Å². The fourth-order valence-electron chi connectivity index (χ4n) is 3.42. The normalized spacial score (nSPS) is 27.7. The number of aryl methyl sites for hydroxylation is 1. The predicted octanol–water partition coefficient (Wildman–Crippen LogP) is 2.61. The van der Waals surface area contributed by atoms with E-state index in [4.69, 9.17) is 0 Å². The van der Waals surface area contributed by atoms with Crippen molar-refractivity contribution in [1.82, 2.24) is 15.2 Å². The fraction of sp³-hybridized carbons (Fsp3) is 0.706. The second-order valence-electron chi connectivity index (χ2n) is 6.31. The SMILES string of the molecule is CCc1cccnc1CN1CC(C2CC2)NCC1CC. The second kappa shape index (κ2) is 6.23. The first kappa shape index (κ1) is 14.0. The minimum absolute atomic E-state index is 0.664. The van der Waals surface area contributed by atoms with E-state index in [2.05, 4.69) is 41.2 Å². The van der Waals surface area contributed by atoms with E-state index in [9.17, 15) is 0 Å². The van der Waals surface area contributed by atoms with Gasteiger partial charge in [-0.15, -0.1) is 0 Å². The molecule has 3 nitrogen and oxygen atoms in total. The molecule has 2 aliphatic rings. The lowest BCUT2D eigenvalue weighted by Crippen LogP contribution is -2.56. The standard InChI is InChI=1S/C17H27N3/c1-3-13-6-5-9-18-16(13)11-20-12-17(14-7-8-14)19-10-15(20)4-2/h5-6,9,14-15,17,19H,3-4,7-8,10-12H2,1-2H3. The molecule has 1 aliphatic heterocycles. The van der Waals surface area contributed by atoms with Gasteiger partial charge in [0.1, 0.15) is 0 Å². The van der Waals surface area contributed by atoms with Crippen LogP contribution < -0.4 is 5.32 Å². The minimum Gasteiger partial charge on any atom is -0.311 e. The van der Waals surface area contributed by atoms with Gasteiger partial charge >= 0.3 is 0 Å². The molecule has 1 saturated carbocycles. The summed E-state index contributed by atoms with van der Waals surface area (Å²) in [4.78, 5) is 7.30. The van der Waals surface area contributed by atoms with Gasteiger partial charge in [0.05, 0.1) is 5.69 Å². The smallest absolute Gasteiger partial charge is 0.0575 e. The van der Waals surface area contributed by atoms with Crippen LogP contribution in [-0.2, 0) is 13.0 Å². The Morgan fingerprint density at radius 1 is 1.35 bits per heavy atom. The zero-order valence-electron chi connectivity index (χ0n) is 12.8. The number of piperazine rings is 1. The second-order valence-corrected chi connectivity index (χ2v) is 6.31. The number of rotatable bonds is 5. The monoisotopic (exact) mass is 273 g/mol. The molecule has 2 heterocycles. The lowest BCUT2D eigenvalue weighted by molar-refractivity contribution is 0.110. The third kappa shape index (κ3) is 3.04. The molecule has 20 heavy (non-hydrogen) atoms. The van der Waals surface area contributed by atoms with Gasteiger partial charge in [-0.25, -0.2) is 0 Å². The third-order valence-electron chi connectivity index (χ3n) is 4.94. The molecule has 0 amide bonds. The predicted molar refractivity (Wildman–Crippen MR) is 82.6 cm³/mol. The number of aromatic nitrogens is 1. The van der Waals surface area contributed by atoms with Crippen molar-refractivity contribution in [1.29, 1.82) is 0 Å². The van der Waals surface area contributed by atoms with Crippen molar-refractivity contribution in [2.75, 3.05) is 13.1 Å². The molecule has 0 aromatic carbocycles. The summed E-state index contributed by atoms with van der Waals surface area (Å²) in [5, 5.41) is 3.76. The topological polar surface area (TPSA) is 28.2 Å². The van der Waals surface area contributed by atoms with Crippen molar-refractivity contribution in [3.05, 3.63) is 29.6 Å². The number of nitrogens with one attached hydrogen (secondary N) is 1. The summed E-state index contributed by atoms with van der Waals surface area (Å²) in [6.07, 6.45) is 7.09. The quantitative estimate of drug-likeness (QED) is 0.894. The maximum atomic E-state index is 4.64. The molecule has 3 rings (SSSR count). The highest BCUT2D eigenvalue weighted by molar-refractivity contribution is 5.19. The van der Waals surface area contributed by atoms with Crippen LogP contribution in [-0.4, -0.2) is 35.1 Å². The molecular formula is C17H27N3. The Bertz CT molecular complexity index is 442. The van der Waals surface area contributed by atoms with Gasteiger partial charge in [-0.3, -0.25) is 9.88 Å². The first-order chi connectivity index (χ1) is 9.81. The lowest BCUT2D eigenvalue weighted by atomic mass is 10.0. The molecule has 1 saturated heterocycles. The molecule has 2 atom stereocenters. The molecule has 3 heteroatoms. The van der Waals surface area contributed by atoms with E-state index in [1.807, 2.05) is 6.20 Å². The highest BCUT2D eigenvalue weighted by atomic mass is 15.2. The van der Waals surface area contributed by atoms with Crippen molar-refractivity contribution in [3.63, 3.8) is 0 Å². The molecule has 2 unspecified atom stereocenters. The molecule has 1 aliphatic carbocycles. The Morgan fingerprint density at radius 3 is 2.90 bits per heavy atom. The van der Waals surface area contributed by atoms with Gasteiger partial charge in [0.25, 0.3) is 0 Å². The molecule has 0 bridgehead atoms. The Kier molecular flexibility index (Phi) is 4.37. The van der Waals surface area contributed by atoms with Crippen LogP contribution in [0.5, 0.6) is 0 Å². The Balaban J connectivity index is 1.71. The van der Waals surface area contributed by atoms with E-state index in [-0.39, 0.29) is 0 Å². The van der Waals surface area contributed by atoms with Gasteiger partial charge in [0, 0.05) is 37.9 Å². The van der Waals surface area contributed by atoms with Crippen LogP contribution in [0.1, 0.15) is 44.4 Å². The van der Waals surface area contributed by atoms with Crippen molar-refractivity contribution >= 4 is 0 Å². The molecule has 0 spiro atoms. The molecule has 1 N–H and O–H groups in total. The van der Waals surface area contributed by atoms with Crippen molar-refractivity contribution in [2.24, 2.45) is 5.92 Å². The van der Waals surface area contributed by atoms with E-state index in [0.29, 0.717) is 12.1 Å². The van der Waals surface area contributed by atoms with Gasteiger partial charge in [-0.1, -0.05) is 19.9 Å². The average molecular weight is 273 g/mol. The molecule has 1 aromatic heterocycles. The molecule has 0 radical (unpaired) electrons. The van der Waals surface area contributed by atoms with Crippen molar-refractivity contribution in [3.8, 4) is 0 Å². The number of hydrogen-bond donors (Lipinski definition) is 1. The Morgan fingerprint density at radius 2 is 2.20 bits per heavy atom. The van der Waals surface area contributed by atoms with Gasteiger partial charge in [0.2, 0.25) is 0 Å². The summed E-state index contributed by atoms with van der Waals surface area (Å²) in [7, 11) is 0. The lowest BCUT2D eigenvalue weighted by Gasteiger charge is -2.40. The minimum atomic E-state index is 0.664. The first-order valence-corrected chi connectivity index (χ1v) is 8.22. The average Bonchev–Trinajstić information content (AvgIpc) is 3.32. The maximum Gasteiger partial charge on any atom is 0.0575 e. The van der Waals surface area contributed by atoms with Crippen LogP contribution in [0.4, 0.5) is 0 Å². The first-order valence-electron chi connectivity index (χ1n) is 8.22. The fourth-order valence-corrected chi connectivity index (χ4v) is 3.42. The number of nitrogens with zero attached hydrogens (tertiary/aromatic N) is 2. The molecular weight excluding hydrogens is 246 g/mol. The maximum absolute atomic E-state index is 4.64. The van der Waals surface area contributed by atoms with Crippen LogP contribution >= 0.6 is 0 Å². The zero-order valence-corrected chi connectivity index (χ0v) is 12.8. The molecule has 1 aromatic rings. The van der Waals surface area contributed by atoms with Gasteiger partial charge < -0.3 is 5.32 Å². The summed E-state index contributed by atoms with van der Waals surface area (Å²) in [5.74, 6) is 0.935. The van der Waals surface area contributed by atoms with E-state index in [1.54, 1.807) is 0 Å². The van der Waals surface area contributed by atoms with Gasteiger partial charge in [0.15, 0.2) is 0 Å². The van der Waals surface area contributed by atoms with Gasteiger partial charge in [-0.2, -0.15) is 0 Å². The Hall–Kier alpha value is -0.930. The summed E-state index contributed by atoms with van der Waals surface area (Å²) in [6, 6.07) is 5.66. The van der Waals surface area contributed by atoms with E-state index in [1.165, 1.54) is 37.1 Å². The van der Waals surface area contributed by atoms with Crippen molar-refractivity contribution < 1.29 is 0 Å². The highest BCUT2D eigenvalue weighted by Crippen LogP contribution is 2.34. The summed E-state index contributed by atoms with van der Waals surface area (Å²) < 4.78 is 0. The highest BCUT2D eigenvalue weighted by Gasteiger charge is 2.36.